The molecule has 8 nitrogen and oxygen atoms in total. The van der Waals surface area contributed by atoms with Crippen molar-refractivity contribution in [1.82, 2.24) is 5.01 Å². The van der Waals surface area contributed by atoms with Crippen molar-refractivity contribution in [3.63, 3.8) is 0 Å². The summed E-state index contributed by atoms with van der Waals surface area (Å²) in [6.45, 7) is 0. The highest BCUT2D eigenvalue weighted by molar-refractivity contribution is 8.14. The molecule has 9 heteroatoms. The second kappa shape index (κ2) is 9.11. The van der Waals surface area contributed by atoms with Gasteiger partial charge in [0.2, 0.25) is 5.91 Å². The number of methoxy groups -OCH3 is 1. The van der Waals surface area contributed by atoms with E-state index in [-0.39, 0.29) is 23.2 Å². The van der Waals surface area contributed by atoms with Crippen molar-refractivity contribution in [3.8, 4) is 11.5 Å². The third kappa shape index (κ3) is 4.42. The van der Waals surface area contributed by atoms with E-state index in [0.29, 0.717) is 17.0 Å². The molecule has 1 saturated heterocycles. The van der Waals surface area contributed by atoms with Crippen LogP contribution >= 0.6 is 11.8 Å². The topological polar surface area (TPSA) is 115 Å². The van der Waals surface area contributed by atoms with Gasteiger partial charge in [0, 0.05) is 11.3 Å². The Morgan fingerprint density at radius 1 is 1.22 bits per heavy atom. The number of nitrogens with zero attached hydrogens (tertiary/aromatic N) is 2. The lowest BCUT2D eigenvalue weighted by Gasteiger charge is -2.27. The van der Waals surface area contributed by atoms with Crippen LogP contribution in [0.5, 0.6) is 11.5 Å². The molecular formula is C23H20N4O4S. The number of rotatable bonds is 5. The zero-order chi connectivity index (χ0) is 22.7. The zero-order valence-electron chi connectivity index (χ0n) is 17.1. The van der Waals surface area contributed by atoms with Crippen molar-refractivity contribution in [2.24, 2.45) is 5.10 Å². The van der Waals surface area contributed by atoms with Crippen molar-refractivity contribution in [3.05, 3.63) is 66.2 Å². The summed E-state index contributed by atoms with van der Waals surface area (Å²) in [5.41, 5.74) is 1.02. The van der Waals surface area contributed by atoms with Crippen LogP contribution in [-0.4, -0.2) is 45.7 Å². The Morgan fingerprint density at radius 3 is 2.69 bits per heavy atom. The van der Waals surface area contributed by atoms with Crippen LogP contribution in [0.2, 0.25) is 0 Å². The fourth-order valence-corrected chi connectivity index (χ4v) is 4.19. The molecule has 4 rings (SSSR count). The normalized spacial score (nSPS) is 16.5. The molecule has 3 N–H and O–H groups in total. The van der Waals surface area contributed by atoms with Gasteiger partial charge in [-0.25, -0.2) is 0 Å². The molecule has 1 aliphatic heterocycles. The molecular weight excluding hydrogens is 428 g/mol. The van der Waals surface area contributed by atoms with E-state index in [1.54, 1.807) is 43.5 Å². The Hall–Kier alpha value is -3.85. The first kappa shape index (κ1) is 21.4. The van der Waals surface area contributed by atoms with Gasteiger partial charge >= 0.3 is 0 Å². The molecule has 1 fully saturated rings. The number of benzene rings is 3. The van der Waals surface area contributed by atoms with E-state index in [1.165, 1.54) is 6.21 Å². The molecule has 1 unspecified atom stereocenters. The van der Waals surface area contributed by atoms with Crippen LogP contribution in [0.1, 0.15) is 12.0 Å². The van der Waals surface area contributed by atoms with Crippen LogP contribution in [0.25, 0.3) is 10.8 Å². The number of carbonyl (C=O) groups excluding carboxylic acids is 2. The quantitative estimate of drug-likeness (QED) is 0.514. The summed E-state index contributed by atoms with van der Waals surface area (Å²) in [7, 11) is 1.55. The van der Waals surface area contributed by atoms with Crippen LogP contribution in [0.15, 0.2) is 65.8 Å². The van der Waals surface area contributed by atoms with Crippen molar-refractivity contribution >= 4 is 51.4 Å². The maximum absolute atomic E-state index is 12.6. The lowest BCUT2D eigenvalue weighted by atomic mass is 10.0. The Labute approximate surface area is 188 Å². The molecule has 0 bridgehead atoms. The second-order valence-electron chi connectivity index (χ2n) is 7.00. The van der Waals surface area contributed by atoms with E-state index in [2.05, 4.69) is 10.4 Å². The molecule has 0 radical (unpaired) electrons. The number of ether oxygens (including phenoxy) is 1. The number of nitrogens with one attached hydrogen (secondary N) is 2. The van der Waals surface area contributed by atoms with Crippen LogP contribution < -0.4 is 10.1 Å². The summed E-state index contributed by atoms with van der Waals surface area (Å²) in [6.07, 6.45) is 1.26. The highest BCUT2D eigenvalue weighted by Gasteiger charge is 2.35. The van der Waals surface area contributed by atoms with Gasteiger partial charge in [-0.2, -0.15) is 10.1 Å². The number of aromatic hydroxyl groups is 1. The molecule has 1 aliphatic rings. The lowest BCUT2D eigenvalue weighted by Crippen LogP contribution is -2.42. The first-order valence-corrected chi connectivity index (χ1v) is 10.6. The molecule has 0 aliphatic carbocycles. The van der Waals surface area contributed by atoms with E-state index in [0.717, 1.165) is 27.5 Å². The monoisotopic (exact) mass is 448 g/mol. The minimum Gasteiger partial charge on any atom is -0.507 e. The molecule has 0 aromatic heterocycles. The molecule has 1 atom stereocenters. The first-order chi connectivity index (χ1) is 15.5. The van der Waals surface area contributed by atoms with Gasteiger partial charge in [-0.3, -0.25) is 15.0 Å². The Bertz CT molecular complexity index is 1210. The van der Waals surface area contributed by atoms with Gasteiger partial charge in [0.05, 0.1) is 19.7 Å². The number of hydrazone groups is 1. The number of anilines is 1. The van der Waals surface area contributed by atoms with Gasteiger partial charge in [0.25, 0.3) is 5.91 Å². The maximum Gasteiger partial charge on any atom is 0.250 e. The minimum atomic E-state index is -0.741. The Kier molecular flexibility index (Phi) is 6.09. The number of hydrogen-bond donors (Lipinski definition) is 3. The number of phenols is 1. The molecule has 0 saturated carbocycles. The van der Waals surface area contributed by atoms with Crippen LogP contribution in [0.3, 0.4) is 0 Å². The van der Waals surface area contributed by atoms with Crippen molar-refractivity contribution in [1.29, 1.82) is 5.41 Å². The van der Waals surface area contributed by atoms with Crippen LogP contribution in [0, 0.1) is 5.41 Å². The second-order valence-corrected chi connectivity index (χ2v) is 8.19. The standard InChI is InChI=1S/C23H20N4O4S/c1-31-16-9-7-15(8-10-16)26-22(30)20-12-21(29)27(23(24)32-20)25-13-18-17-5-3-2-4-14(17)6-11-19(18)28/h2-11,13,20,24,28H,12H2,1H3,(H,26,30)/b24-23?,25-13+. The van der Waals surface area contributed by atoms with Crippen LogP contribution in [0.4, 0.5) is 5.69 Å². The summed E-state index contributed by atoms with van der Waals surface area (Å²) in [5, 5.41) is 27.1. The molecule has 162 valence electrons. The van der Waals surface area contributed by atoms with E-state index in [9.17, 15) is 14.7 Å². The van der Waals surface area contributed by atoms with E-state index < -0.39 is 11.2 Å². The van der Waals surface area contributed by atoms with Gasteiger partial charge in [-0.05, 0) is 41.1 Å². The average molecular weight is 449 g/mol. The summed E-state index contributed by atoms with van der Waals surface area (Å²) in [5.74, 6) is -0.154. The Balaban J connectivity index is 1.46. The van der Waals surface area contributed by atoms with Crippen molar-refractivity contribution in [2.45, 2.75) is 11.7 Å². The van der Waals surface area contributed by atoms with Gasteiger partial charge in [-0.1, -0.05) is 42.1 Å². The molecule has 1 heterocycles. The summed E-state index contributed by atoms with van der Waals surface area (Å²) in [6, 6.07) is 17.7. The third-order valence-corrected chi connectivity index (χ3v) is 6.00. The predicted octanol–water partition coefficient (Wildman–Crippen LogP) is 3.80. The van der Waals surface area contributed by atoms with Gasteiger partial charge in [0.1, 0.15) is 16.7 Å². The zero-order valence-corrected chi connectivity index (χ0v) is 17.9. The number of amides is 2. The number of phenolic OH excluding ortho intramolecular Hbond substituents is 1. The molecule has 0 spiro atoms. The van der Waals surface area contributed by atoms with E-state index in [4.69, 9.17) is 10.1 Å². The number of carbonyl (C=O) groups is 2. The SMILES string of the molecule is COc1ccc(NC(=O)C2CC(=O)N(/N=C/c3c(O)ccc4ccccc34)C(=N)S2)cc1. The van der Waals surface area contributed by atoms with E-state index >= 15 is 0 Å². The molecule has 2 amide bonds. The summed E-state index contributed by atoms with van der Waals surface area (Å²) >= 11 is 0.952. The first-order valence-electron chi connectivity index (χ1n) is 9.74. The van der Waals surface area contributed by atoms with Crippen molar-refractivity contribution < 1.29 is 19.4 Å². The van der Waals surface area contributed by atoms with Gasteiger partial charge in [-0.15, -0.1) is 0 Å². The van der Waals surface area contributed by atoms with Crippen molar-refractivity contribution in [2.75, 3.05) is 12.4 Å². The maximum atomic E-state index is 12.6. The smallest absolute Gasteiger partial charge is 0.250 e. The minimum absolute atomic E-state index is 0.0211. The van der Waals surface area contributed by atoms with E-state index in [1.807, 2.05) is 24.3 Å². The third-order valence-electron chi connectivity index (χ3n) is 4.94. The van der Waals surface area contributed by atoms with Gasteiger partial charge < -0.3 is 15.2 Å². The van der Waals surface area contributed by atoms with Crippen LogP contribution in [-0.2, 0) is 9.59 Å². The predicted molar refractivity (Wildman–Crippen MR) is 125 cm³/mol. The largest absolute Gasteiger partial charge is 0.507 e. The fourth-order valence-electron chi connectivity index (χ4n) is 3.28. The molecule has 32 heavy (non-hydrogen) atoms. The number of fused-ring (bicyclic) bond motifs is 1. The summed E-state index contributed by atoms with van der Waals surface area (Å²) in [4.78, 5) is 25.2. The highest BCUT2D eigenvalue weighted by Crippen LogP contribution is 2.29. The Morgan fingerprint density at radius 2 is 1.97 bits per heavy atom. The highest BCUT2D eigenvalue weighted by atomic mass is 32.2. The van der Waals surface area contributed by atoms with Gasteiger partial charge in [0.15, 0.2) is 5.17 Å². The number of thioether (sulfide) groups is 1. The molecule has 3 aromatic carbocycles. The number of hydrogen-bond acceptors (Lipinski definition) is 7. The lowest BCUT2D eigenvalue weighted by molar-refractivity contribution is -0.129. The fraction of sp³-hybridized carbons (Fsp3) is 0.130. The average Bonchev–Trinajstić information content (AvgIpc) is 2.80. The summed E-state index contributed by atoms with van der Waals surface area (Å²) < 4.78 is 5.09. The number of amidine groups is 1. The molecule has 3 aromatic rings.